The van der Waals surface area contributed by atoms with E-state index in [1.165, 1.54) is 24.3 Å². The first-order valence-corrected chi connectivity index (χ1v) is 5.61. The first-order valence-electron chi connectivity index (χ1n) is 5.61. The molecule has 1 aliphatic rings. The van der Waals surface area contributed by atoms with E-state index in [2.05, 4.69) is 5.32 Å². The minimum absolute atomic E-state index is 0.0104. The summed E-state index contributed by atoms with van der Waals surface area (Å²) in [6, 6.07) is 5.55. The van der Waals surface area contributed by atoms with Gasteiger partial charge < -0.3 is 10.1 Å². The lowest BCUT2D eigenvalue weighted by Crippen LogP contribution is -2.48. The summed E-state index contributed by atoms with van der Waals surface area (Å²) in [4.78, 5) is 21.8. The SMILES string of the molecule is CC1(CNC(=O)c2ccc([N+](=O)[O-])cc2)COC1. The van der Waals surface area contributed by atoms with Gasteiger partial charge in [0.2, 0.25) is 0 Å². The molecule has 0 atom stereocenters. The summed E-state index contributed by atoms with van der Waals surface area (Å²) in [6.07, 6.45) is 0. The van der Waals surface area contributed by atoms with E-state index in [0.717, 1.165) is 0 Å². The third-order valence-electron chi connectivity index (χ3n) is 2.92. The molecular formula is C12H14N2O4. The summed E-state index contributed by atoms with van der Waals surface area (Å²) in [5, 5.41) is 13.3. The van der Waals surface area contributed by atoms with Crippen LogP contribution in [0.15, 0.2) is 24.3 Å². The van der Waals surface area contributed by atoms with E-state index >= 15 is 0 Å². The van der Waals surface area contributed by atoms with Crippen LogP contribution in [0.2, 0.25) is 0 Å². The highest BCUT2D eigenvalue weighted by molar-refractivity contribution is 5.94. The van der Waals surface area contributed by atoms with Crippen LogP contribution >= 0.6 is 0 Å². The van der Waals surface area contributed by atoms with Crippen LogP contribution in [0.25, 0.3) is 0 Å². The van der Waals surface area contributed by atoms with Crippen molar-refractivity contribution in [2.75, 3.05) is 19.8 Å². The quantitative estimate of drug-likeness (QED) is 0.646. The van der Waals surface area contributed by atoms with Gasteiger partial charge in [-0.15, -0.1) is 0 Å². The maximum atomic E-state index is 11.8. The van der Waals surface area contributed by atoms with Crippen LogP contribution in [0.3, 0.4) is 0 Å². The molecule has 1 fully saturated rings. The van der Waals surface area contributed by atoms with Gasteiger partial charge in [-0.25, -0.2) is 0 Å². The van der Waals surface area contributed by atoms with Crippen LogP contribution in [0.5, 0.6) is 0 Å². The zero-order valence-electron chi connectivity index (χ0n) is 10.0. The van der Waals surface area contributed by atoms with E-state index < -0.39 is 4.92 Å². The topological polar surface area (TPSA) is 81.5 Å². The van der Waals surface area contributed by atoms with E-state index in [1.807, 2.05) is 6.92 Å². The lowest BCUT2D eigenvalue weighted by molar-refractivity contribution is -0.384. The monoisotopic (exact) mass is 250 g/mol. The second-order valence-electron chi connectivity index (χ2n) is 4.79. The zero-order valence-corrected chi connectivity index (χ0v) is 10.0. The van der Waals surface area contributed by atoms with Gasteiger partial charge in [0.25, 0.3) is 11.6 Å². The molecule has 1 aliphatic heterocycles. The molecule has 0 aromatic heterocycles. The molecule has 1 aromatic rings. The van der Waals surface area contributed by atoms with Crippen molar-refractivity contribution < 1.29 is 14.5 Å². The van der Waals surface area contributed by atoms with Crippen molar-refractivity contribution in [3.05, 3.63) is 39.9 Å². The van der Waals surface area contributed by atoms with E-state index in [1.54, 1.807) is 0 Å². The van der Waals surface area contributed by atoms with Crippen molar-refractivity contribution in [1.29, 1.82) is 0 Å². The van der Waals surface area contributed by atoms with Gasteiger partial charge in [0.05, 0.1) is 18.1 Å². The van der Waals surface area contributed by atoms with Gasteiger partial charge in [-0.05, 0) is 12.1 Å². The number of nitro groups is 1. The van der Waals surface area contributed by atoms with Gasteiger partial charge in [0.15, 0.2) is 0 Å². The first-order chi connectivity index (χ1) is 8.50. The Morgan fingerprint density at radius 2 is 2.06 bits per heavy atom. The molecule has 1 amide bonds. The molecule has 96 valence electrons. The molecule has 18 heavy (non-hydrogen) atoms. The second kappa shape index (κ2) is 4.73. The number of hydrogen-bond donors (Lipinski definition) is 1. The van der Waals surface area contributed by atoms with Crippen LogP contribution < -0.4 is 5.32 Å². The fraction of sp³-hybridized carbons (Fsp3) is 0.417. The summed E-state index contributed by atoms with van der Waals surface area (Å²) in [5.41, 5.74) is 0.409. The van der Waals surface area contributed by atoms with Crippen molar-refractivity contribution in [2.45, 2.75) is 6.92 Å². The van der Waals surface area contributed by atoms with E-state index in [0.29, 0.717) is 25.3 Å². The molecule has 0 aliphatic carbocycles. The van der Waals surface area contributed by atoms with Gasteiger partial charge in [-0.3, -0.25) is 14.9 Å². The average molecular weight is 250 g/mol. The average Bonchev–Trinajstić information content (AvgIpc) is 2.33. The number of nitro benzene ring substituents is 1. The summed E-state index contributed by atoms with van der Waals surface area (Å²) >= 11 is 0. The fourth-order valence-electron chi connectivity index (χ4n) is 1.68. The Bertz CT molecular complexity index is 465. The molecule has 0 bridgehead atoms. The lowest BCUT2D eigenvalue weighted by atomic mass is 9.88. The largest absolute Gasteiger partial charge is 0.380 e. The van der Waals surface area contributed by atoms with Gasteiger partial charge >= 0.3 is 0 Å². The van der Waals surface area contributed by atoms with E-state index in [9.17, 15) is 14.9 Å². The van der Waals surface area contributed by atoms with E-state index in [-0.39, 0.29) is 17.0 Å². The number of nitrogens with zero attached hydrogens (tertiary/aromatic N) is 1. The van der Waals surface area contributed by atoms with Crippen LogP contribution in [0, 0.1) is 15.5 Å². The van der Waals surface area contributed by atoms with Crippen molar-refractivity contribution in [3.8, 4) is 0 Å². The highest BCUT2D eigenvalue weighted by atomic mass is 16.6. The number of hydrogen-bond acceptors (Lipinski definition) is 4. The maximum absolute atomic E-state index is 11.8. The molecule has 6 heteroatoms. The highest BCUT2D eigenvalue weighted by Crippen LogP contribution is 2.25. The van der Waals surface area contributed by atoms with Gasteiger partial charge in [0.1, 0.15) is 0 Å². The Morgan fingerprint density at radius 1 is 1.44 bits per heavy atom. The fourth-order valence-corrected chi connectivity index (χ4v) is 1.68. The summed E-state index contributed by atoms with van der Waals surface area (Å²) in [5.74, 6) is -0.224. The number of carbonyl (C=O) groups excluding carboxylic acids is 1. The normalized spacial score (nSPS) is 16.7. The first kappa shape index (κ1) is 12.5. The summed E-state index contributed by atoms with van der Waals surface area (Å²) < 4.78 is 5.09. The Kier molecular flexibility index (Phi) is 3.29. The second-order valence-corrected chi connectivity index (χ2v) is 4.79. The maximum Gasteiger partial charge on any atom is 0.269 e. The number of ether oxygens (including phenoxy) is 1. The number of carbonyl (C=O) groups is 1. The molecule has 0 spiro atoms. The number of amides is 1. The smallest absolute Gasteiger partial charge is 0.269 e. The van der Waals surface area contributed by atoms with Crippen LogP contribution in [-0.2, 0) is 4.74 Å². The molecule has 1 saturated heterocycles. The Labute approximate surface area is 104 Å². The molecule has 6 nitrogen and oxygen atoms in total. The number of benzene rings is 1. The van der Waals surface area contributed by atoms with Gasteiger partial charge in [0, 0.05) is 29.7 Å². The molecule has 1 heterocycles. The van der Waals surface area contributed by atoms with Crippen molar-refractivity contribution in [1.82, 2.24) is 5.32 Å². The predicted octanol–water partition coefficient (Wildman–Crippen LogP) is 1.36. The number of non-ortho nitro benzene ring substituents is 1. The summed E-state index contributed by atoms with van der Waals surface area (Å²) in [6.45, 7) is 3.87. The molecule has 2 rings (SSSR count). The molecule has 1 N–H and O–H groups in total. The molecule has 0 radical (unpaired) electrons. The van der Waals surface area contributed by atoms with Crippen LogP contribution in [0.4, 0.5) is 5.69 Å². The number of rotatable bonds is 4. The molecule has 1 aromatic carbocycles. The number of nitrogens with one attached hydrogen (secondary N) is 1. The van der Waals surface area contributed by atoms with Crippen molar-refractivity contribution >= 4 is 11.6 Å². The van der Waals surface area contributed by atoms with Gasteiger partial charge in [-0.1, -0.05) is 6.92 Å². The Morgan fingerprint density at radius 3 is 2.50 bits per heavy atom. The Hall–Kier alpha value is -1.95. The lowest BCUT2D eigenvalue weighted by Gasteiger charge is -2.38. The minimum Gasteiger partial charge on any atom is -0.380 e. The molecule has 0 unspecified atom stereocenters. The minimum atomic E-state index is -0.492. The molecular weight excluding hydrogens is 236 g/mol. The highest BCUT2D eigenvalue weighted by Gasteiger charge is 2.33. The van der Waals surface area contributed by atoms with Crippen molar-refractivity contribution in [3.63, 3.8) is 0 Å². The third-order valence-corrected chi connectivity index (χ3v) is 2.92. The predicted molar refractivity (Wildman–Crippen MR) is 64.4 cm³/mol. The van der Waals surface area contributed by atoms with Crippen LogP contribution in [-0.4, -0.2) is 30.6 Å². The van der Waals surface area contributed by atoms with Crippen LogP contribution in [0.1, 0.15) is 17.3 Å². The standard InChI is InChI=1S/C12H14N2O4/c1-12(7-18-8-12)6-13-11(15)9-2-4-10(5-3-9)14(16)17/h2-5H,6-8H2,1H3,(H,13,15). The van der Waals surface area contributed by atoms with E-state index in [4.69, 9.17) is 4.74 Å². The van der Waals surface area contributed by atoms with Crippen molar-refractivity contribution in [2.24, 2.45) is 5.41 Å². The zero-order chi connectivity index (χ0) is 13.2. The Balaban J connectivity index is 1.94. The van der Waals surface area contributed by atoms with Gasteiger partial charge in [-0.2, -0.15) is 0 Å². The molecule has 0 saturated carbocycles. The summed E-state index contributed by atoms with van der Waals surface area (Å²) in [7, 11) is 0. The third kappa shape index (κ3) is 2.65.